The van der Waals surface area contributed by atoms with E-state index in [0.29, 0.717) is 5.92 Å². The second-order valence-corrected chi connectivity index (χ2v) is 8.56. The molecule has 166 valence electrons. The van der Waals surface area contributed by atoms with Gasteiger partial charge >= 0.3 is 0 Å². The van der Waals surface area contributed by atoms with Gasteiger partial charge in [0.25, 0.3) is 5.69 Å². The van der Waals surface area contributed by atoms with Crippen LogP contribution in [0.15, 0.2) is 84.9 Å². The van der Waals surface area contributed by atoms with Gasteiger partial charge in [0, 0.05) is 37.7 Å². The number of rotatable bonds is 8. The molecule has 1 aliphatic rings. The highest BCUT2D eigenvalue weighted by atomic mass is 16.6. The van der Waals surface area contributed by atoms with E-state index in [0.717, 1.165) is 57.7 Å². The normalized spacial score (nSPS) is 15.5. The molecule has 0 radical (unpaired) electrons. The average Bonchev–Trinajstić information content (AvgIpc) is 3.06. The highest BCUT2D eigenvalue weighted by molar-refractivity contribution is 5.33. The summed E-state index contributed by atoms with van der Waals surface area (Å²) < 4.78 is 0. The zero-order valence-corrected chi connectivity index (χ0v) is 18.5. The Kier molecular flexibility index (Phi) is 7.64. The first kappa shape index (κ1) is 22.2. The summed E-state index contributed by atoms with van der Waals surface area (Å²) in [5.74, 6) is 0.414. The summed E-state index contributed by atoms with van der Waals surface area (Å²) in [6.07, 6.45) is 2.25. The van der Waals surface area contributed by atoms with Crippen LogP contribution in [0, 0.1) is 10.1 Å². The Morgan fingerprint density at radius 3 is 1.91 bits per heavy atom. The average molecular weight is 430 g/mol. The lowest BCUT2D eigenvalue weighted by molar-refractivity contribution is -0.384. The van der Waals surface area contributed by atoms with Gasteiger partial charge in [0.2, 0.25) is 0 Å². The number of nitro groups is 1. The first-order valence-corrected chi connectivity index (χ1v) is 11.5. The van der Waals surface area contributed by atoms with Crippen molar-refractivity contribution in [2.24, 2.45) is 0 Å². The molecule has 1 aliphatic heterocycles. The number of nitrogens with zero attached hydrogens (tertiary/aromatic N) is 3. The molecule has 0 saturated carbocycles. The van der Waals surface area contributed by atoms with Crippen molar-refractivity contribution in [1.82, 2.24) is 9.80 Å². The third-order valence-electron chi connectivity index (χ3n) is 6.37. The van der Waals surface area contributed by atoms with Crippen molar-refractivity contribution in [2.45, 2.75) is 25.3 Å². The first-order chi connectivity index (χ1) is 15.7. The topological polar surface area (TPSA) is 49.6 Å². The quantitative estimate of drug-likeness (QED) is 0.359. The van der Waals surface area contributed by atoms with Gasteiger partial charge < -0.3 is 4.90 Å². The fourth-order valence-corrected chi connectivity index (χ4v) is 4.60. The standard InChI is InChI=1S/C27H31N3O2/c31-30(32)26-14-12-23(13-15-26)22-29-18-7-17-28(20-21-29)19-16-27(24-8-3-1-4-9-24)25-10-5-2-6-11-25/h1-6,8-15,27H,7,16-22H2. The Bertz CT molecular complexity index is 937. The van der Waals surface area contributed by atoms with E-state index in [1.165, 1.54) is 11.1 Å². The van der Waals surface area contributed by atoms with Crippen LogP contribution in [0.25, 0.3) is 0 Å². The summed E-state index contributed by atoms with van der Waals surface area (Å²) in [7, 11) is 0. The van der Waals surface area contributed by atoms with Crippen molar-refractivity contribution in [3.63, 3.8) is 0 Å². The van der Waals surface area contributed by atoms with E-state index >= 15 is 0 Å². The van der Waals surface area contributed by atoms with Gasteiger partial charge in [0.05, 0.1) is 4.92 Å². The predicted octanol–water partition coefficient (Wildman–Crippen LogP) is 5.32. The molecule has 5 heteroatoms. The summed E-state index contributed by atoms with van der Waals surface area (Å²) in [5.41, 5.74) is 4.06. The lowest BCUT2D eigenvalue weighted by atomic mass is 9.88. The molecule has 0 aliphatic carbocycles. The molecule has 32 heavy (non-hydrogen) atoms. The third kappa shape index (κ3) is 6.02. The molecule has 0 spiro atoms. The monoisotopic (exact) mass is 429 g/mol. The molecule has 0 atom stereocenters. The van der Waals surface area contributed by atoms with E-state index in [4.69, 9.17) is 0 Å². The summed E-state index contributed by atoms with van der Waals surface area (Å²) in [5, 5.41) is 10.9. The van der Waals surface area contributed by atoms with Gasteiger partial charge in [-0.2, -0.15) is 0 Å². The van der Waals surface area contributed by atoms with Crippen LogP contribution in [-0.2, 0) is 6.54 Å². The summed E-state index contributed by atoms with van der Waals surface area (Å²) in [6, 6.07) is 28.6. The minimum absolute atomic E-state index is 0.155. The lowest BCUT2D eigenvalue weighted by Gasteiger charge is -2.25. The zero-order valence-electron chi connectivity index (χ0n) is 18.5. The minimum Gasteiger partial charge on any atom is -0.302 e. The van der Waals surface area contributed by atoms with Crippen molar-refractivity contribution >= 4 is 5.69 Å². The molecule has 1 heterocycles. The Morgan fingerprint density at radius 2 is 1.31 bits per heavy atom. The maximum absolute atomic E-state index is 10.9. The largest absolute Gasteiger partial charge is 0.302 e. The lowest BCUT2D eigenvalue weighted by Crippen LogP contribution is -2.31. The highest BCUT2D eigenvalue weighted by Gasteiger charge is 2.19. The SMILES string of the molecule is O=[N+]([O-])c1ccc(CN2CCCN(CCC(c3ccccc3)c3ccccc3)CC2)cc1. The van der Waals surface area contributed by atoms with Gasteiger partial charge in [-0.05, 0) is 49.2 Å². The van der Waals surface area contributed by atoms with Gasteiger partial charge in [0.15, 0.2) is 0 Å². The minimum atomic E-state index is -0.342. The molecule has 0 aromatic heterocycles. The number of hydrogen-bond acceptors (Lipinski definition) is 4. The second kappa shape index (κ2) is 11.0. The molecule has 0 unspecified atom stereocenters. The first-order valence-electron chi connectivity index (χ1n) is 11.5. The van der Waals surface area contributed by atoms with E-state index < -0.39 is 0 Å². The maximum Gasteiger partial charge on any atom is 0.269 e. The molecule has 0 bridgehead atoms. The van der Waals surface area contributed by atoms with Crippen LogP contribution >= 0.6 is 0 Å². The Balaban J connectivity index is 1.33. The van der Waals surface area contributed by atoms with E-state index in [-0.39, 0.29) is 10.6 Å². The number of nitro benzene ring substituents is 1. The molecular weight excluding hydrogens is 398 g/mol. The smallest absolute Gasteiger partial charge is 0.269 e. The molecule has 0 amide bonds. The summed E-state index contributed by atoms with van der Waals surface area (Å²) >= 11 is 0. The van der Waals surface area contributed by atoms with E-state index in [2.05, 4.69) is 70.5 Å². The Labute approximate surface area is 190 Å². The van der Waals surface area contributed by atoms with Gasteiger partial charge in [-0.1, -0.05) is 72.8 Å². The van der Waals surface area contributed by atoms with Crippen LogP contribution in [0.5, 0.6) is 0 Å². The second-order valence-electron chi connectivity index (χ2n) is 8.56. The number of benzene rings is 3. The van der Waals surface area contributed by atoms with Crippen molar-refractivity contribution in [2.75, 3.05) is 32.7 Å². The number of non-ortho nitro benzene ring substituents is 1. The van der Waals surface area contributed by atoms with Crippen molar-refractivity contribution < 1.29 is 4.92 Å². The van der Waals surface area contributed by atoms with Gasteiger partial charge in [-0.25, -0.2) is 0 Å². The van der Waals surface area contributed by atoms with E-state index in [1.807, 2.05) is 12.1 Å². The molecule has 1 saturated heterocycles. The van der Waals surface area contributed by atoms with Crippen LogP contribution in [0.4, 0.5) is 5.69 Å². The van der Waals surface area contributed by atoms with Crippen LogP contribution in [-0.4, -0.2) is 47.4 Å². The molecule has 3 aromatic rings. The molecular formula is C27H31N3O2. The van der Waals surface area contributed by atoms with Gasteiger partial charge in [-0.15, -0.1) is 0 Å². The zero-order chi connectivity index (χ0) is 22.2. The van der Waals surface area contributed by atoms with Crippen LogP contribution < -0.4 is 0 Å². The molecule has 4 rings (SSSR count). The fraction of sp³-hybridized carbons (Fsp3) is 0.333. The third-order valence-corrected chi connectivity index (χ3v) is 6.37. The highest BCUT2D eigenvalue weighted by Crippen LogP contribution is 2.28. The summed E-state index contributed by atoms with van der Waals surface area (Å²) in [4.78, 5) is 15.6. The molecule has 0 N–H and O–H groups in total. The summed E-state index contributed by atoms with van der Waals surface area (Å²) in [6.45, 7) is 6.20. The Morgan fingerprint density at radius 1 is 0.750 bits per heavy atom. The fourth-order valence-electron chi connectivity index (χ4n) is 4.60. The number of hydrogen-bond donors (Lipinski definition) is 0. The van der Waals surface area contributed by atoms with Crippen LogP contribution in [0.3, 0.4) is 0 Å². The van der Waals surface area contributed by atoms with Crippen molar-refractivity contribution in [3.05, 3.63) is 112 Å². The van der Waals surface area contributed by atoms with Crippen molar-refractivity contribution in [3.8, 4) is 0 Å². The van der Waals surface area contributed by atoms with E-state index in [1.54, 1.807) is 12.1 Å². The molecule has 1 fully saturated rings. The maximum atomic E-state index is 10.9. The molecule has 5 nitrogen and oxygen atoms in total. The molecule has 3 aromatic carbocycles. The van der Waals surface area contributed by atoms with Crippen LogP contribution in [0.2, 0.25) is 0 Å². The predicted molar refractivity (Wildman–Crippen MR) is 129 cm³/mol. The van der Waals surface area contributed by atoms with Crippen LogP contribution in [0.1, 0.15) is 35.4 Å². The van der Waals surface area contributed by atoms with Gasteiger partial charge in [0.1, 0.15) is 0 Å². The van der Waals surface area contributed by atoms with Gasteiger partial charge in [-0.3, -0.25) is 15.0 Å². The van der Waals surface area contributed by atoms with E-state index in [9.17, 15) is 10.1 Å². The Hall–Kier alpha value is -3.02. The van der Waals surface area contributed by atoms with Crippen molar-refractivity contribution in [1.29, 1.82) is 0 Å².